The van der Waals surface area contributed by atoms with E-state index in [1.165, 1.54) is 18.6 Å². The number of hydrogen-bond acceptors (Lipinski definition) is 1. The van der Waals surface area contributed by atoms with Crippen molar-refractivity contribution in [2.75, 3.05) is 5.32 Å². The standard InChI is InChI=1S/C14H18F2N2S/c1-9-4-3-5-10(2)18(9)14(19)17-13-7-6-11(15)8-12(13)16/h6-10H,3-5H2,1-2H3,(H,17,19). The van der Waals surface area contributed by atoms with E-state index in [1.807, 2.05) is 0 Å². The molecule has 0 bridgehead atoms. The average molecular weight is 284 g/mol. The summed E-state index contributed by atoms with van der Waals surface area (Å²) in [4.78, 5) is 2.10. The molecule has 1 saturated heterocycles. The van der Waals surface area contributed by atoms with Gasteiger partial charge in [-0.25, -0.2) is 8.78 Å². The zero-order chi connectivity index (χ0) is 14.0. The lowest BCUT2D eigenvalue weighted by Crippen LogP contribution is -2.49. The Balaban J connectivity index is 2.11. The Bertz CT molecular complexity index is 469. The minimum absolute atomic E-state index is 0.219. The molecule has 1 fully saturated rings. The molecular weight excluding hydrogens is 266 g/mol. The Morgan fingerprint density at radius 3 is 2.47 bits per heavy atom. The van der Waals surface area contributed by atoms with E-state index in [0.29, 0.717) is 17.2 Å². The molecule has 2 nitrogen and oxygen atoms in total. The lowest BCUT2D eigenvalue weighted by atomic mass is 9.98. The summed E-state index contributed by atoms with van der Waals surface area (Å²) in [7, 11) is 0. The Morgan fingerprint density at radius 2 is 1.89 bits per heavy atom. The number of halogens is 2. The van der Waals surface area contributed by atoms with Gasteiger partial charge in [0.15, 0.2) is 5.11 Å². The first-order chi connectivity index (χ1) is 8.99. The van der Waals surface area contributed by atoms with E-state index in [-0.39, 0.29) is 5.69 Å². The van der Waals surface area contributed by atoms with E-state index in [0.717, 1.165) is 18.9 Å². The van der Waals surface area contributed by atoms with Crippen LogP contribution in [0.3, 0.4) is 0 Å². The number of benzene rings is 1. The van der Waals surface area contributed by atoms with E-state index in [2.05, 4.69) is 24.1 Å². The minimum Gasteiger partial charge on any atom is -0.344 e. The molecule has 2 atom stereocenters. The van der Waals surface area contributed by atoms with Crippen LogP contribution in [-0.4, -0.2) is 22.1 Å². The molecule has 0 aliphatic carbocycles. The Kier molecular flexibility index (Phi) is 4.34. The highest BCUT2D eigenvalue weighted by Crippen LogP contribution is 2.24. The zero-order valence-corrected chi connectivity index (χ0v) is 11.9. The van der Waals surface area contributed by atoms with Crippen molar-refractivity contribution in [1.29, 1.82) is 0 Å². The molecule has 0 spiro atoms. The van der Waals surface area contributed by atoms with Crippen molar-refractivity contribution < 1.29 is 8.78 Å². The van der Waals surface area contributed by atoms with Gasteiger partial charge in [0.25, 0.3) is 0 Å². The molecule has 19 heavy (non-hydrogen) atoms. The Morgan fingerprint density at radius 1 is 1.26 bits per heavy atom. The van der Waals surface area contributed by atoms with Crippen LogP contribution < -0.4 is 5.32 Å². The monoisotopic (exact) mass is 284 g/mol. The number of thiocarbonyl (C=S) groups is 1. The second-order valence-corrected chi connectivity index (χ2v) is 5.48. The maximum absolute atomic E-state index is 13.6. The minimum atomic E-state index is -0.625. The summed E-state index contributed by atoms with van der Waals surface area (Å²) in [5, 5.41) is 3.39. The number of nitrogens with one attached hydrogen (secondary N) is 1. The first kappa shape index (κ1) is 14.2. The summed E-state index contributed by atoms with van der Waals surface area (Å²) in [5.74, 6) is -1.21. The normalized spacial score (nSPS) is 23.3. The summed E-state index contributed by atoms with van der Waals surface area (Å²) < 4.78 is 26.4. The zero-order valence-electron chi connectivity index (χ0n) is 11.1. The molecular formula is C14H18F2N2S. The highest BCUT2D eigenvalue weighted by atomic mass is 32.1. The molecule has 0 amide bonds. The summed E-state index contributed by atoms with van der Waals surface area (Å²) in [6, 6.07) is 4.13. The largest absolute Gasteiger partial charge is 0.344 e. The lowest BCUT2D eigenvalue weighted by Gasteiger charge is -2.40. The van der Waals surface area contributed by atoms with Crippen LogP contribution in [0.25, 0.3) is 0 Å². The number of hydrogen-bond donors (Lipinski definition) is 1. The van der Waals surface area contributed by atoms with Gasteiger partial charge in [0, 0.05) is 18.2 Å². The summed E-state index contributed by atoms with van der Waals surface area (Å²) in [6.07, 6.45) is 3.35. The molecule has 2 rings (SSSR count). The molecule has 1 aliphatic rings. The van der Waals surface area contributed by atoms with Gasteiger partial charge >= 0.3 is 0 Å². The number of nitrogens with zero attached hydrogens (tertiary/aromatic N) is 1. The third kappa shape index (κ3) is 3.21. The number of likely N-dealkylation sites (tertiary alicyclic amines) is 1. The summed E-state index contributed by atoms with van der Waals surface area (Å²) in [6.45, 7) is 4.23. The maximum Gasteiger partial charge on any atom is 0.173 e. The van der Waals surface area contributed by atoms with E-state index in [1.54, 1.807) is 0 Å². The third-order valence-electron chi connectivity index (χ3n) is 3.60. The Labute approximate surface area is 117 Å². The fourth-order valence-electron chi connectivity index (χ4n) is 2.59. The van der Waals surface area contributed by atoms with Gasteiger partial charge in [0.2, 0.25) is 0 Å². The van der Waals surface area contributed by atoms with Crippen molar-refractivity contribution in [3.05, 3.63) is 29.8 Å². The van der Waals surface area contributed by atoms with Gasteiger partial charge in [-0.3, -0.25) is 0 Å². The first-order valence-electron chi connectivity index (χ1n) is 6.53. The topological polar surface area (TPSA) is 15.3 Å². The van der Waals surface area contributed by atoms with Crippen LogP contribution >= 0.6 is 12.2 Å². The molecule has 0 radical (unpaired) electrons. The van der Waals surface area contributed by atoms with Crippen LogP contribution in [0.4, 0.5) is 14.5 Å². The summed E-state index contributed by atoms with van der Waals surface area (Å²) >= 11 is 5.36. The van der Waals surface area contributed by atoms with E-state index in [4.69, 9.17) is 12.2 Å². The van der Waals surface area contributed by atoms with Crippen LogP contribution in [0.2, 0.25) is 0 Å². The van der Waals surface area contributed by atoms with Gasteiger partial charge in [0.05, 0.1) is 5.69 Å². The molecule has 0 saturated carbocycles. The predicted molar refractivity (Wildman–Crippen MR) is 77.2 cm³/mol. The molecule has 5 heteroatoms. The van der Waals surface area contributed by atoms with Gasteiger partial charge in [-0.1, -0.05) is 0 Å². The van der Waals surface area contributed by atoms with Gasteiger partial charge in [-0.15, -0.1) is 0 Å². The van der Waals surface area contributed by atoms with Gasteiger partial charge in [-0.2, -0.15) is 0 Å². The van der Waals surface area contributed by atoms with Crippen molar-refractivity contribution in [1.82, 2.24) is 4.90 Å². The van der Waals surface area contributed by atoms with Crippen molar-refractivity contribution in [3.63, 3.8) is 0 Å². The summed E-state index contributed by atoms with van der Waals surface area (Å²) in [5.41, 5.74) is 0.219. The fourth-order valence-corrected chi connectivity index (χ4v) is 3.06. The average Bonchev–Trinajstić information content (AvgIpc) is 2.32. The van der Waals surface area contributed by atoms with Crippen LogP contribution in [0, 0.1) is 11.6 Å². The van der Waals surface area contributed by atoms with Crippen molar-refractivity contribution in [2.45, 2.75) is 45.2 Å². The molecule has 1 aromatic rings. The number of rotatable bonds is 1. The SMILES string of the molecule is CC1CCCC(C)N1C(=S)Nc1ccc(F)cc1F. The molecule has 104 valence electrons. The number of piperidine rings is 1. The van der Waals surface area contributed by atoms with Crippen LogP contribution in [0.5, 0.6) is 0 Å². The third-order valence-corrected chi connectivity index (χ3v) is 3.91. The van der Waals surface area contributed by atoms with Crippen LogP contribution in [0.15, 0.2) is 18.2 Å². The van der Waals surface area contributed by atoms with Crippen molar-refractivity contribution in [3.8, 4) is 0 Å². The molecule has 2 unspecified atom stereocenters. The highest BCUT2D eigenvalue weighted by molar-refractivity contribution is 7.80. The molecule has 0 aromatic heterocycles. The van der Waals surface area contributed by atoms with Crippen LogP contribution in [0.1, 0.15) is 33.1 Å². The van der Waals surface area contributed by atoms with Crippen molar-refractivity contribution in [2.24, 2.45) is 0 Å². The quantitative estimate of drug-likeness (QED) is 0.787. The molecule has 1 heterocycles. The molecule has 1 N–H and O–H groups in total. The van der Waals surface area contributed by atoms with E-state index >= 15 is 0 Å². The van der Waals surface area contributed by atoms with Gasteiger partial charge in [0.1, 0.15) is 11.6 Å². The lowest BCUT2D eigenvalue weighted by molar-refractivity contribution is 0.194. The second kappa shape index (κ2) is 5.82. The molecule has 1 aliphatic heterocycles. The molecule has 1 aromatic carbocycles. The van der Waals surface area contributed by atoms with E-state index in [9.17, 15) is 8.78 Å². The number of anilines is 1. The first-order valence-corrected chi connectivity index (χ1v) is 6.94. The second-order valence-electron chi connectivity index (χ2n) is 5.09. The van der Waals surface area contributed by atoms with E-state index < -0.39 is 11.6 Å². The van der Waals surface area contributed by atoms with Gasteiger partial charge < -0.3 is 10.2 Å². The van der Waals surface area contributed by atoms with Gasteiger partial charge in [-0.05, 0) is 57.5 Å². The fraction of sp³-hybridized carbons (Fsp3) is 0.500. The van der Waals surface area contributed by atoms with Crippen LogP contribution in [-0.2, 0) is 0 Å². The van der Waals surface area contributed by atoms with Crippen molar-refractivity contribution >= 4 is 23.0 Å². The highest BCUT2D eigenvalue weighted by Gasteiger charge is 2.27. The Hall–Kier alpha value is -1.23. The predicted octanol–water partition coefficient (Wildman–Crippen LogP) is 3.92. The maximum atomic E-state index is 13.6. The smallest absolute Gasteiger partial charge is 0.173 e.